The fourth-order valence-electron chi connectivity index (χ4n) is 2.07. The van der Waals surface area contributed by atoms with E-state index in [1.165, 1.54) is 13.2 Å². The number of pyridine rings is 1. The predicted octanol–water partition coefficient (Wildman–Crippen LogP) is 2.93. The molecule has 20 heavy (non-hydrogen) atoms. The number of fused-ring (bicyclic) bond motifs is 1. The fraction of sp³-hybridized carbons (Fsp3) is 0.0667. The van der Waals surface area contributed by atoms with Gasteiger partial charge in [-0.15, -0.1) is 0 Å². The Bertz CT molecular complexity index is 795. The molecular formula is C15H11FN2O2. The van der Waals surface area contributed by atoms with Crippen LogP contribution in [0.1, 0.15) is 10.4 Å². The number of imidazole rings is 1. The maximum atomic E-state index is 13.9. The minimum absolute atomic E-state index is 0.358. The van der Waals surface area contributed by atoms with Gasteiger partial charge < -0.3 is 4.74 Å². The van der Waals surface area contributed by atoms with Gasteiger partial charge in [0.05, 0.1) is 30.0 Å². The molecule has 5 heteroatoms. The lowest BCUT2D eigenvalue weighted by molar-refractivity contribution is 0.0600. The molecule has 3 aromatic rings. The van der Waals surface area contributed by atoms with Crippen LogP contribution in [-0.2, 0) is 4.74 Å². The van der Waals surface area contributed by atoms with Gasteiger partial charge in [-0.05, 0) is 24.3 Å². The molecule has 2 aromatic heterocycles. The molecule has 3 rings (SSSR count). The highest BCUT2D eigenvalue weighted by molar-refractivity contribution is 5.89. The van der Waals surface area contributed by atoms with Crippen LogP contribution in [0.5, 0.6) is 0 Å². The molecule has 0 N–H and O–H groups in total. The number of methoxy groups -OCH3 is 1. The van der Waals surface area contributed by atoms with E-state index in [9.17, 15) is 9.18 Å². The molecule has 0 bridgehead atoms. The van der Waals surface area contributed by atoms with E-state index in [0.29, 0.717) is 17.0 Å². The Labute approximate surface area is 114 Å². The quantitative estimate of drug-likeness (QED) is 0.672. The second-order valence-corrected chi connectivity index (χ2v) is 4.27. The van der Waals surface area contributed by atoms with Gasteiger partial charge in [-0.25, -0.2) is 14.2 Å². The minimum atomic E-state index is -0.444. The monoisotopic (exact) mass is 270 g/mol. The van der Waals surface area contributed by atoms with Crippen LogP contribution in [0.25, 0.3) is 16.9 Å². The average molecular weight is 270 g/mol. The van der Waals surface area contributed by atoms with Crippen molar-refractivity contribution < 1.29 is 13.9 Å². The van der Waals surface area contributed by atoms with Gasteiger partial charge in [0.25, 0.3) is 0 Å². The molecule has 0 aliphatic heterocycles. The summed E-state index contributed by atoms with van der Waals surface area (Å²) >= 11 is 0. The highest BCUT2D eigenvalue weighted by Crippen LogP contribution is 2.23. The van der Waals surface area contributed by atoms with Gasteiger partial charge in [0.15, 0.2) is 0 Å². The number of hydrogen-bond donors (Lipinski definition) is 0. The molecule has 0 aliphatic carbocycles. The van der Waals surface area contributed by atoms with Crippen LogP contribution in [0.15, 0.2) is 48.8 Å². The van der Waals surface area contributed by atoms with Crippen molar-refractivity contribution in [3.05, 3.63) is 60.2 Å². The Hall–Kier alpha value is -2.69. The van der Waals surface area contributed by atoms with Gasteiger partial charge in [-0.2, -0.15) is 0 Å². The molecule has 0 aliphatic rings. The molecule has 2 heterocycles. The standard InChI is InChI=1S/C15H11FN2O2/c1-20-15(19)10-6-7-11-8-17-14(18(11)9-10)12-4-2-3-5-13(12)16/h2-9H,1H3. The largest absolute Gasteiger partial charge is 0.465 e. The number of nitrogens with zero attached hydrogens (tertiary/aromatic N) is 2. The van der Waals surface area contributed by atoms with Crippen molar-refractivity contribution in [1.29, 1.82) is 0 Å². The van der Waals surface area contributed by atoms with Crippen LogP contribution >= 0.6 is 0 Å². The lowest BCUT2D eigenvalue weighted by atomic mass is 10.2. The van der Waals surface area contributed by atoms with Crippen LogP contribution in [0.2, 0.25) is 0 Å². The molecule has 0 radical (unpaired) electrons. The number of halogens is 1. The molecule has 0 spiro atoms. The van der Waals surface area contributed by atoms with Crippen molar-refractivity contribution >= 4 is 11.5 Å². The maximum Gasteiger partial charge on any atom is 0.339 e. The summed E-state index contributed by atoms with van der Waals surface area (Å²) in [5.41, 5.74) is 1.54. The number of aromatic nitrogens is 2. The topological polar surface area (TPSA) is 43.6 Å². The van der Waals surface area contributed by atoms with Crippen molar-refractivity contribution in [3.63, 3.8) is 0 Å². The second kappa shape index (κ2) is 4.77. The zero-order valence-electron chi connectivity index (χ0n) is 10.7. The summed E-state index contributed by atoms with van der Waals surface area (Å²) < 4.78 is 20.2. The van der Waals surface area contributed by atoms with Crippen molar-refractivity contribution in [2.75, 3.05) is 7.11 Å². The number of rotatable bonds is 2. The first kappa shape index (κ1) is 12.3. The third-order valence-corrected chi connectivity index (χ3v) is 3.06. The molecular weight excluding hydrogens is 259 g/mol. The molecule has 0 fully saturated rings. The SMILES string of the molecule is COC(=O)c1ccc2cnc(-c3ccccc3F)n2c1. The van der Waals surface area contributed by atoms with E-state index in [0.717, 1.165) is 5.52 Å². The second-order valence-electron chi connectivity index (χ2n) is 4.27. The van der Waals surface area contributed by atoms with E-state index < -0.39 is 5.97 Å². The van der Waals surface area contributed by atoms with E-state index in [1.54, 1.807) is 47.1 Å². The highest BCUT2D eigenvalue weighted by Gasteiger charge is 2.13. The number of ether oxygens (including phenoxy) is 1. The third-order valence-electron chi connectivity index (χ3n) is 3.06. The molecule has 100 valence electrons. The first-order valence-corrected chi connectivity index (χ1v) is 6.01. The van der Waals surface area contributed by atoms with Crippen molar-refractivity contribution in [3.8, 4) is 11.4 Å². The first-order chi connectivity index (χ1) is 9.70. The van der Waals surface area contributed by atoms with E-state index >= 15 is 0 Å². The number of hydrogen-bond acceptors (Lipinski definition) is 3. The van der Waals surface area contributed by atoms with Gasteiger partial charge >= 0.3 is 5.97 Å². The highest BCUT2D eigenvalue weighted by atomic mass is 19.1. The Morgan fingerprint density at radius 1 is 1.25 bits per heavy atom. The van der Waals surface area contributed by atoms with Crippen LogP contribution < -0.4 is 0 Å². The fourth-order valence-corrected chi connectivity index (χ4v) is 2.07. The molecule has 0 unspecified atom stereocenters. The van der Waals surface area contributed by atoms with Crippen molar-refractivity contribution in [2.24, 2.45) is 0 Å². The normalized spacial score (nSPS) is 10.7. The van der Waals surface area contributed by atoms with Gasteiger partial charge in [0.2, 0.25) is 0 Å². The molecule has 0 saturated heterocycles. The molecule has 4 nitrogen and oxygen atoms in total. The Morgan fingerprint density at radius 3 is 2.80 bits per heavy atom. The molecule has 0 saturated carbocycles. The number of carbonyl (C=O) groups is 1. The minimum Gasteiger partial charge on any atom is -0.465 e. The summed E-state index contributed by atoms with van der Waals surface area (Å²) in [6.07, 6.45) is 3.22. The zero-order chi connectivity index (χ0) is 14.1. The van der Waals surface area contributed by atoms with E-state index in [1.807, 2.05) is 0 Å². The zero-order valence-corrected chi connectivity index (χ0v) is 10.7. The Morgan fingerprint density at radius 2 is 2.05 bits per heavy atom. The summed E-state index contributed by atoms with van der Waals surface area (Å²) in [6, 6.07) is 9.77. The van der Waals surface area contributed by atoms with Gasteiger partial charge in [0.1, 0.15) is 11.6 Å². The predicted molar refractivity (Wildman–Crippen MR) is 71.9 cm³/mol. The summed E-state index contributed by atoms with van der Waals surface area (Å²) in [6.45, 7) is 0. The number of carbonyl (C=O) groups excluding carboxylic acids is 1. The lowest BCUT2D eigenvalue weighted by Gasteiger charge is -2.05. The number of benzene rings is 1. The summed E-state index contributed by atoms with van der Waals surface area (Å²) in [5.74, 6) is -0.354. The molecule has 0 amide bonds. The molecule has 1 aromatic carbocycles. The summed E-state index contributed by atoms with van der Waals surface area (Å²) in [7, 11) is 1.32. The van der Waals surface area contributed by atoms with Gasteiger partial charge in [-0.1, -0.05) is 12.1 Å². The first-order valence-electron chi connectivity index (χ1n) is 6.01. The van der Waals surface area contributed by atoms with Gasteiger partial charge in [-0.3, -0.25) is 4.40 Å². The maximum absolute atomic E-state index is 13.9. The van der Waals surface area contributed by atoms with Crippen LogP contribution in [0.4, 0.5) is 4.39 Å². The smallest absolute Gasteiger partial charge is 0.339 e. The van der Waals surface area contributed by atoms with Crippen molar-refractivity contribution in [1.82, 2.24) is 9.38 Å². The summed E-state index contributed by atoms with van der Waals surface area (Å²) in [5, 5.41) is 0. The Kier molecular flexibility index (Phi) is 2.95. The third kappa shape index (κ3) is 1.93. The lowest BCUT2D eigenvalue weighted by Crippen LogP contribution is -2.03. The summed E-state index contributed by atoms with van der Waals surface area (Å²) in [4.78, 5) is 15.8. The average Bonchev–Trinajstić information content (AvgIpc) is 2.90. The van der Waals surface area contributed by atoms with E-state index in [2.05, 4.69) is 9.72 Å². The number of esters is 1. The van der Waals surface area contributed by atoms with E-state index in [-0.39, 0.29) is 5.82 Å². The van der Waals surface area contributed by atoms with Crippen LogP contribution in [0.3, 0.4) is 0 Å². The van der Waals surface area contributed by atoms with E-state index in [4.69, 9.17) is 0 Å². The van der Waals surface area contributed by atoms with Crippen LogP contribution in [-0.4, -0.2) is 22.5 Å². The van der Waals surface area contributed by atoms with Gasteiger partial charge in [0, 0.05) is 6.20 Å². The van der Waals surface area contributed by atoms with Crippen molar-refractivity contribution in [2.45, 2.75) is 0 Å². The van der Waals surface area contributed by atoms with Crippen LogP contribution in [0, 0.1) is 5.82 Å². The molecule has 0 atom stereocenters. The Balaban J connectivity index is 2.22.